The fourth-order valence-corrected chi connectivity index (χ4v) is 3.94. The Morgan fingerprint density at radius 1 is 1.26 bits per heavy atom. The van der Waals surface area contributed by atoms with E-state index in [1.54, 1.807) is 11.3 Å². The average molecular weight is 408 g/mol. The Kier molecular flexibility index (Phi) is 5.20. The predicted molar refractivity (Wildman–Crippen MR) is 99.4 cm³/mol. The van der Waals surface area contributed by atoms with Gasteiger partial charge in [0.2, 0.25) is 4.80 Å². The number of benzene rings is 2. The van der Waals surface area contributed by atoms with Crippen molar-refractivity contribution in [3.63, 3.8) is 0 Å². The van der Waals surface area contributed by atoms with Gasteiger partial charge in [-0.1, -0.05) is 39.4 Å². The molecular formula is C16H14BrN3OS2. The van der Waals surface area contributed by atoms with Gasteiger partial charge in [0, 0.05) is 16.4 Å². The Balaban J connectivity index is 1.65. The molecule has 0 aliphatic heterocycles. The minimum atomic E-state index is -0.115. The van der Waals surface area contributed by atoms with E-state index in [1.165, 1.54) is 11.8 Å². The van der Waals surface area contributed by atoms with Gasteiger partial charge in [-0.15, -0.1) is 16.9 Å². The second-order valence-electron chi connectivity index (χ2n) is 4.80. The largest absolute Gasteiger partial charge is 0.318 e. The Bertz CT molecular complexity index is 900. The SMILES string of the molecule is Cn1/c(=N\NC(=O)CSc2ccc(Br)cc2)sc2ccccc21. The number of aryl methyl sites for hydroxylation is 1. The highest BCUT2D eigenvalue weighted by atomic mass is 79.9. The van der Waals surface area contributed by atoms with Crippen LogP contribution in [0.4, 0.5) is 0 Å². The van der Waals surface area contributed by atoms with E-state index in [1.807, 2.05) is 60.1 Å². The first kappa shape index (κ1) is 16.3. The molecular weight excluding hydrogens is 394 g/mol. The number of hydrogen-bond donors (Lipinski definition) is 1. The first-order valence-electron chi connectivity index (χ1n) is 6.89. The molecule has 1 N–H and O–H groups in total. The predicted octanol–water partition coefficient (Wildman–Crippen LogP) is 3.73. The Morgan fingerprint density at radius 2 is 2.00 bits per heavy atom. The molecule has 0 spiro atoms. The first-order valence-corrected chi connectivity index (χ1v) is 9.48. The van der Waals surface area contributed by atoms with Crippen molar-refractivity contribution >= 4 is 55.2 Å². The number of thioether (sulfide) groups is 1. The number of aromatic nitrogens is 1. The second-order valence-corrected chi connectivity index (χ2v) is 7.77. The maximum Gasteiger partial charge on any atom is 0.250 e. The highest BCUT2D eigenvalue weighted by Gasteiger charge is 2.04. The highest BCUT2D eigenvalue weighted by molar-refractivity contribution is 9.10. The first-order chi connectivity index (χ1) is 11.1. The number of carbonyl (C=O) groups excluding carboxylic acids is 1. The molecule has 7 heteroatoms. The Morgan fingerprint density at radius 3 is 2.74 bits per heavy atom. The van der Waals surface area contributed by atoms with Gasteiger partial charge in [-0.05, 0) is 36.4 Å². The zero-order valence-electron chi connectivity index (χ0n) is 12.3. The summed E-state index contributed by atoms with van der Waals surface area (Å²) in [7, 11) is 1.94. The molecule has 0 saturated carbocycles. The van der Waals surface area contributed by atoms with Crippen LogP contribution in [-0.4, -0.2) is 16.2 Å². The van der Waals surface area contributed by atoms with Crippen LogP contribution in [0.3, 0.4) is 0 Å². The molecule has 118 valence electrons. The summed E-state index contributed by atoms with van der Waals surface area (Å²) >= 11 is 6.43. The van der Waals surface area contributed by atoms with Gasteiger partial charge in [-0.2, -0.15) is 0 Å². The normalized spacial score (nSPS) is 11.8. The van der Waals surface area contributed by atoms with Crippen LogP contribution in [0.5, 0.6) is 0 Å². The third-order valence-corrected chi connectivity index (χ3v) is 5.83. The molecule has 3 aromatic rings. The number of amides is 1. The molecule has 0 unspecified atom stereocenters. The number of halogens is 1. The van der Waals surface area contributed by atoms with Crippen LogP contribution in [0.1, 0.15) is 0 Å². The van der Waals surface area contributed by atoms with Crippen molar-refractivity contribution in [2.75, 3.05) is 5.75 Å². The lowest BCUT2D eigenvalue weighted by Gasteiger charge is -2.01. The van der Waals surface area contributed by atoms with Gasteiger partial charge in [-0.25, -0.2) is 5.43 Å². The van der Waals surface area contributed by atoms with Crippen molar-refractivity contribution in [3.05, 3.63) is 57.8 Å². The van der Waals surface area contributed by atoms with Crippen LogP contribution in [0.2, 0.25) is 0 Å². The quantitative estimate of drug-likeness (QED) is 0.528. The number of fused-ring (bicyclic) bond motifs is 1. The van der Waals surface area contributed by atoms with Gasteiger partial charge >= 0.3 is 0 Å². The minimum absolute atomic E-state index is 0.115. The molecule has 0 saturated heterocycles. The van der Waals surface area contributed by atoms with Crippen molar-refractivity contribution in [2.45, 2.75) is 4.90 Å². The lowest BCUT2D eigenvalue weighted by atomic mass is 10.3. The van der Waals surface area contributed by atoms with E-state index >= 15 is 0 Å². The van der Waals surface area contributed by atoms with Gasteiger partial charge in [0.15, 0.2) is 0 Å². The van der Waals surface area contributed by atoms with E-state index in [2.05, 4.69) is 26.5 Å². The topological polar surface area (TPSA) is 46.4 Å². The van der Waals surface area contributed by atoms with Crippen LogP contribution in [0, 0.1) is 0 Å². The summed E-state index contributed by atoms with van der Waals surface area (Å²) in [4.78, 5) is 13.8. The van der Waals surface area contributed by atoms with Crippen molar-refractivity contribution in [2.24, 2.45) is 12.1 Å². The molecule has 1 amide bonds. The van der Waals surface area contributed by atoms with Gasteiger partial charge in [-0.3, -0.25) is 4.79 Å². The minimum Gasteiger partial charge on any atom is -0.318 e. The number of thiazole rings is 1. The number of nitrogens with zero attached hydrogens (tertiary/aromatic N) is 2. The molecule has 0 bridgehead atoms. The summed E-state index contributed by atoms with van der Waals surface area (Å²) in [5.74, 6) is 0.218. The van der Waals surface area contributed by atoms with Crippen LogP contribution >= 0.6 is 39.0 Å². The van der Waals surface area contributed by atoms with E-state index in [-0.39, 0.29) is 5.91 Å². The molecule has 3 rings (SSSR count). The Hall–Kier alpha value is -1.57. The number of para-hydroxylation sites is 1. The fraction of sp³-hybridized carbons (Fsp3) is 0.125. The molecule has 0 radical (unpaired) electrons. The van der Waals surface area contributed by atoms with Gasteiger partial charge in [0.25, 0.3) is 5.91 Å². The van der Waals surface area contributed by atoms with Crippen molar-refractivity contribution in [3.8, 4) is 0 Å². The highest BCUT2D eigenvalue weighted by Crippen LogP contribution is 2.20. The lowest BCUT2D eigenvalue weighted by molar-refractivity contribution is -0.118. The molecule has 0 atom stereocenters. The van der Waals surface area contributed by atoms with Gasteiger partial charge < -0.3 is 4.57 Å². The third-order valence-electron chi connectivity index (χ3n) is 3.17. The molecule has 0 aliphatic carbocycles. The molecule has 23 heavy (non-hydrogen) atoms. The maximum absolute atomic E-state index is 11.9. The van der Waals surface area contributed by atoms with E-state index in [0.29, 0.717) is 5.75 Å². The number of hydrogen-bond acceptors (Lipinski definition) is 4. The smallest absolute Gasteiger partial charge is 0.250 e. The number of carbonyl (C=O) groups is 1. The van der Waals surface area contributed by atoms with E-state index in [0.717, 1.165) is 24.4 Å². The summed E-state index contributed by atoms with van der Waals surface area (Å²) in [5.41, 5.74) is 3.73. The summed E-state index contributed by atoms with van der Waals surface area (Å²) in [6.45, 7) is 0. The van der Waals surface area contributed by atoms with Gasteiger partial charge in [0.05, 0.1) is 16.0 Å². The lowest BCUT2D eigenvalue weighted by Crippen LogP contribution is -2.24. The zero-order valence-corrected chi connectivity index (χ0v) is 15.5. The standard InChI is InChI=1S/C16H14BrN3OS2/c1-20-13-4-2-3-5-14(13)23-16(20)19-18-15(21)10-22-12-8-6-11(17)7-9-12/h2-9H,10H2,1H3,(H,18,21)/b19-16+. The van der Waals surface area contributed by atoms with Crippen LogP contribution in [0.15, 0.2) is 63.0 Å². The second kappa shape index (κ2) is 7.33. The van der Waals surface area contributed by atoms with Crippen molar-refractivity contribution in [1.82, 2.24) is 9.99 Å². The average Bonchev–Trinajstić information content (AvgIpc) is 2.89. The third kappa shape index (κ3) is 4.04. The zero-order chi connectivity index (χ0) is 16.2. The fourth-order valence-electron chi connectivity index (χ4n) is 2.01. The molecule has 2 aromatic carbocycles. The molecule has 1 aromatic heterocycles. The number of rotatable bonds is 4. The van der Waals surface area contributed by atoms with Crippen molar-refractivity contribution in [1.29, 1.82) is 0 Å². The van der Waals surface area contributed by atoms with Crippen molar-refractivity contribution < 1.29 is 4.79 Å². The van der Waals surface area contributed by atoms with Crippen LogP contribution in [-0.2, 0) is 11.8 Å². The molecule has 0 aliphatic rings. The molecule has 1 heterocycles. The Labute approximate surface area is 150 Å². The summed E-state index contributed by atoms with van der Waals surface area (Å²) in [6, 6.07) is 15.9. The van der Waals surface area contributed by atoms with Gasteiger partial charge in [0.1, 0.15) is 0 Å². The monoisotopic (exact) mass is 407 g/mol. The maximum atomic E-state index is 11.9. The molecule has 4 nitrogen and oxygen atoms in total. The van der Waals surface area contributed by atoms with Crippen LogP contribution in [0.25, 0.3) is 10.2 Å². The summed E-state index contributed by atoms with van der Waals surface area (Å²) in [6.07, 6.45) is 0. The van der Waals surface area contributed by atoms with E-state index in [4.69, 9.17) is 0 Å². The number of nitrogens with one attached hydrogen (secondary N) is 1. The van der Waals surface area contributed by atoms with E-state index < -0.39 is 0 Å². The van der Waals surface area contributed by atoms with E-state index in [9.17, 15) is 4.79 Å². The summed E-state index contributed by atoms with van der Waals surface area (Å²) in [5, 5.41) is 4.23. The summed E-state index contributed by atoms with van der Waals surface area (Å²) < 4.78 is 4.15. The molecule has 0 fully saturated rings. The van der Waals surface area contributed by atoms with Crippen LogP contribution < -0.4 is 10.2 Å².